The highest BCUT2D eigenvalue weighted by molar-refractivity contribution is 6.38. The zero-order chi connectivity index (χ0) is 9.24. The number of rotatable bonds is 2. The van der Waals surface area contributed by atoms with Crippen molar-refractivity contribution in [2.75, 3.05) is 0 Å². The summed E-state index contributed by atoms with van der Waals surface area (Å²) in [6.07, 6.45) is 3.56. The van der Waals surface area contributed by atoms with Gasteiger partial charge in [-0.25, -0.2) is 0 Å². The number of hydrogen-bond acceptors (Lipinski definition) is 0. The molecule has 0 amide bonds. The minimum Gasteiger partial charge on any atom is -0.103 e. The monoisotopic (exact) mass is 162 g/mol. The van der Waals surface area contributed by atoms with Crippen LogP contribution in [0.4, 0.5) is 0 Å². The lowest BCUT2D eigenvalue weighted by Gasteiger charge is -2.44. The third kappa shape index (κ3) is 1.28. The van der Waals surface area contributed by atoms with E-state index in [1.54, 1.807) is 0 Å². The summed E-state index contributed by atoms with van der Waals surface area (Å²) < 4.78 is 0. The molecule has 0 aromatic carbocycles. The van der Waals surface area contributed by atoms with Gasteiger partial charge in [0, 0.05) is 11.8 Å². The lowest BCUT2D eigenvalue weighted by atomic mass is 9.41. The maximum absolute atomic E-state index is 3.44. The highest BCUT2D eigenvalue weighted by atomic mass is 14.4. The third-order valence-corrected chi connectivity index (χ3v) is 3.99. The Hall–Kier alpha value is -0.375. The van der Waals surface area contributed by atoms with E-state index in [1.165, 1.54) is 20.1 Å². The van der Waals surface area contributed by atoms with Gasteiger partial charge in [-0.3, -0.25) is 0 Å². The molecule has 1 rings (SSSR count). The standard InChI is InChI=1S/C11H19B/c1-5-10(2)8-6-7-9-11(10,3)12-4/h12H,5,7,9H2,1-4H3/t10?,11-/m1/s1. The molecule has 0 saturated carbocycles. The van der Waals surface area contributed by atoms with E-state index in [9.17, 15) is 0 Å². The molecule has 0 aliphatic heterocycles. The molecule has 0 fully saturated rings. The van der Waals surface area contributed by atoms with Gasteiger partial charge >= 0.3 is 0 Å². The van der Waals surface area contributed by atoms with E-state index in [4.69, 9.17) is 0 Å². The van der Waals surface area contributed by atoms with Gasteiger partial charge in [-0.15, -0.1) is 5.92 Å². The average molecular weight is 162 g/mol. The van der Waals surface area contributed by atoms with Crippen molar-refractivity contribution >= 4 is 7.28 Å². The van der Waals surface area contributed by atoms with E-state index in [0.29, 0.717) is 5.31 Å². The summed E-state index contributed by atoms with van der Waals surface area (Å²) in [5, 5.41) is 0.451. The van der Waals surface area contributed by atoms with Gasteiger partial charge in [0.1, 0.15) is 7.28 Å². The fourth-order valence-electron chi connectivity index (χ4n) is 2.10. The van der Waals surface area contributed by atoms with Crippen LogP contribution < -0.4 is 0 Å². The second-order valence-corrected chi connectivity index (χ2v) is 4.40. The molecule has 0 N–H and O–H groups in total. The Morgan fingerprint density at radius 3 is 2.50 bits per heavy atom. The Balaban J connectivity index is 2.97. The molecule has 0 aromatic heterocycles. The lowest BCUT2D eigenvalue weighted by molar-refractivity contribution is 0.275. The first-order chi connectivity index (χ1) is 5.58. The van der Waals surface area contributed by atoms with Crippen LogP contribution in [-0.2, 0) is 0 Å². The lowest BCUT2D eigenvalue weighted by Crippen LogP contribution is -2.35. The van der Waals surface area contributed by atoms with Crippen LogP contribution in [0.2, 0.25) is 12.1 Å². The fourth-order valence-corrected chi connectivity index (χ4v) is 2.10. The van der Waals surface area contributed by atoms with Gasteiger partial charge in [0.05, 0.1) is 0 Å². The predicted molar refractivity (Wildman–Crippen MR) is 56.8 cm³/mol. The van der Waals surface area contributed by atoms with Gasteiger partial charge in [-0.05, 0) is 25.1 Å². The quantitative estimate of drug-likeness (QED) is 0.432. The van der Waals surface area contributed by atoms with Gasteiger partial charge in [-0.2, -0.15) is 0 Å². The van der Waals surface area contributed by atoms with E-state index in [1.807, 2.05) is 0 Å². The molecule has 0 saturated heterocycles. The van der Waals surface area contributed by atoms with E-state index in [2.05, 4.69) is 39.4 Å². The van der Waals surface area contributed by atoms with E-state index in [-0.39, 0.29) is 5.41 Å². The summed E-state index contributed by atoms with van der Waals surface area (Å²) in [5.41, 5.74) is 0.264. The number of hydrogen-bond donors (Lipinski definition) is 0. The molecular formula is C11H19B. The van der Waals surface area contributed by atoms with Gasteiger partial charge in [-0.1, -0.05) is 26.6 Å². The Labute approximate surface area is 77.4 Å². The van der Waals surface area contributed by atoms with Crippen molar-refractivity contribution in [3.05, 3.63) is 0 Å². The molecular weight excluding hydrogens is 143 g/mol. The SMILES string of the molecule is CB[C@]1(C)CCC#CC1(C)CC. The first-order valence-electron chi connectivity index (χ1n) is 5.08. The molecule has 0 spiro atoms. The summed E-state index contributed by atoms with van der Waals surface area (Å²) >= 11 is 0. The molecule has 0 aromatic rings. The highest BCUT2D eigenvalue weighted by Gasteiger charge is 2.41. The van der Waals surface area contributed by atoms with Crippen molar-refractivity contribution in [1.29, 1.82) is 0 Å². The Morgan fingerprint density at radius 2 is 2.08 bits per heavy atom. The topological polar surface area (TPSA) is 0 Å². The average Bonchev–Trinajstić information content (AvgIpc) is 2.10. The van der Waals surface area contributed by atoms with Crippen molar-refractivity contribution in [2.24, 2.45) is 5.41 Å². The summed E-state index contributed by atoms with van der Waals surface area (Å²) in [4.78, 5) is 0. The Bertz CT molecular complexity index is 223. The fraction of sp³-hybridized carbons (Fsp3) is 0.818. The zero-order valence-corrected chi connectivity index (χ0v) is 8.83. The summed E-state index contributed by atoms with van der Waals surface area (Å²) in [6.45, 7) is 9.27. The first kappa shape index (κ1) is 9.71. The van der Waals surface area contributed by atoms with Crippen molar-refractivity contribution < 1.29 is 0 Å². The van der Waals surface area contributed by atoms with Crippen molar-refractivity contribution in [3.63, 3.8) is 0 Å². The van der Waals surface area contributed by atoms with Crippen LogP contribution in [0.25, 0.3) is 0 Å². The van der Waals surface area contributed by atoms with Gasteiger partial charge in [0.25, 0.3) is 0 Å². The predicted octanol–water partition coefficient (Wildman–Crippen LogP) is 2.86. The second-order valence-electron chi connectivity index (χ2n) is 4.40. The smallest absolute Gasteiger partial charge is 0.103 e. The van der Waals surface area contributed by atoms with E-state index in [0.717, 1.165) is 6.42 Å². The molecule has 1 heteroatoms. The van der Waals surface area contributed by atoms with Crippen molar-refractivity contribution in [1.82, 2.24) is 0 Å². The molecule has 1 aliphatic carbocycles. The highest BCUT2D eigenvalue weighted by Crippen LogP contribution is 2.51. The second kappa shape index (κ2) is 3.17. The Morgan fingerprint density at radius 1 is 1.42 bits per heavy atom. The van der Waals surface area contributed by atoms with Crippen LogP contribution in [0.15, 0.2) is 0 Å². The van der Waals surface area contributed by atoms with Crippen LogP contribution in [0, 0.1) is 17.3 Å². The van der Waals surface area contributed by atoms with Crippen LogP contribution in [0.5, 0.6) is 0 Å². The molecule has 0 bridgehead atoms. The Kier molecular flexibility index (Phi) is 2.56. The summed E-state index contributed by atoms with van der Waals surface area (Å²) in [6, 6.07) is 0. The van der Waals surface area contributed by atoms with E-state index < -0.39 is 0 Å². The third-order valence-electron chi connectivity index (χ3n) is 3.99. The van der Waals surface area contributed by atoms with Crippen LogP contribution in [-0.4, -0.2) is 7.28 Å². The van der Waals surface area contributed by atoms with Gasteiger partial charge in [0.2, 0.25) is 0 Å². The zero-order valence-electron chi connectivity index (χ0n) is 8.83. The van der Waals surface area contributed by atoms with Gasteiger partial charge < -0.3 is 0 Å². The van der Waals surface area contributed by atoms with Gasteiger partial charge in [0.15, 0.2) is 0 Å². The van der Waals surface area contributed by atoms with Crippen molar-refractivity contribution in [2.45, 2.75) is 52.2 Å². The molecule has 2 atom stereocenters. The molecule has 66 valence electrons. The molecule has 0 heterocycles. The van der Waals surface area contributed by atoms with Crippen LogP contribution >= 0.6 is 0 Å². The van der Waals surface area contributed by atoms with Crippen LogP contribution in [0.3, 0.4) is 0 Å². The minimum atomic E-state index is 0.264. The normalized spacial score (nSPS) is 40.0. The minimum absolute atomic E-state index is 0.264. The largest absolute Gasteiger partial charge is 0.126 e. The maximum atomic E-state index is 3.44. The summed E-state index contributed by atoms with van der Waals surface area (Å²) in [7, 11) is 1.26. The maximum Gasteiger partial charge on any atom is 0.126 e. The summed E-state index contributed by atoms with van der Waals surface area (Å²) in [5.74, 6) is 6.70. The van der Waals surface area contributed by atoms with Crippen molar-refractivity contribution in [3.8, 4) is 11.8 Å². The first-order valence-corrected chi connectivity index (χ1v) is 5.08. The molecule has 12 heavy (non-hydrogen) atoms. The molecule has 0 radical (unpaired) electrons. The molecule has 0 nitrogen and oxygen atoms in total. The molecule has 1 unspecified atom stereocenters. The van der Waals surface area contributed by atoms with Crippen LogP contribution in [0.1, 0.15) is 40.0 Å². The molecule has 1 aliphatic rings. The van der Waals surface area contributed by atoms with E-state index >= 15 is 0 Å².